The number of benzene rings is 1. The molecule has 1 aromatic carbocycles. The predicted octanol–water partition coefficient (Wildman–Crippen LogP) is 1.83. The van der Waals surface area contributed by atoms with E-state index in [2.05, 4.69) is 8.75 Å². The van der Waals surface area contributed by atoms with E-state index in [9.17, 15) is 9.18 Å². The Balaban J connectivity index is 1.79. The van der Waals surface area contributed by atoms with Crippen molar-refractivity contribution >= 4 is 17.6 Å². The number of halogens is 1. The lowest BCUT2D eigenvalue weighted by atomic mass is 10.3. The van der Waals surface area contributed by atoms with Crippen molar-refractivity contribution in [3.8, 4) is 5.75 Å². The van der Waals surface area contributed by atoms with E-state index in [4.69, 9.17) is 4.74 Å². The van der Waals surface area contributed by atoms with Gasteiger partial charge in [-0.15, -0.1) is 0 Å². The van der Waals surface area contributed by atoms with Crippen molar-refractivity contribution in [1.82, 2.24) is 13.6 Å². The first kappa shape index (κ1) is 13.4. The number of hydrogen-bond acceptors (Lipinski definition) is 5. The van der Waals surface area contributed by atoms with Gasteiger partial charge >= 0.3 is 0 Å². The molecule has 2 rings (SSSR count). The van der Waals surface area contributed by atoms with E-state index in [1.54, 1.807) is 19.2 Å². The minimum Gasteiger partial charge on any atom is -0.492 e. The molecule has 1 heterocycles. The summed E-state index contributed by atoms with van der Waals surface area (Å²) in [6, 6.07) is 5.74. The van der Waals surface area contributed by atoms with Crippen molar-refractivity contribution in [1.29, 1.82) is 0 Å². The largest absolute Gasteiger partial charge is 0.492 e. The van der Waals surface area contributed by atoms with E-state index in [0.29, 0.717) is 24.6 Å². The molecule has 0 saturated carbocycles. The summed E-state index contributed by atoms with van der Waals surface area (Å²) in [7, 11) is 1.66. The van der Waals surface area contributed by atoms with Crippen molar-refractivity contribution in [3.05, 3.63) is 42.0 Å². The number of likely N-dealkylation sites (N-methyl/N-ethyl adjacent to an activating group) is 1. The Hall–Kier alpha value is -2.02. The maximum Gasteiger partial charge on any atom is 0.275 e. The molecule has 0 radical (unpaired) electrons. The molecule has 0 spiro atoms. The van der Waals surface area contributed by atoms with E-state index in [-0.39, 0.29) is 11.7 Å². The molecule has 0 aliphatic carbocycles. The Bertz CT molecular complexity index is 530. The Labute approximate surface area is 114 Å². The lowest BCUT2D eigenvalue weighted by Crippen LogP contribution is -2.31. The molecule has 1 amide bonds. The smallest absolute Gasteiger partial charge is 0.275 e. The van der Waals surface area contributed by atoms with Crippen molar-refractivity contribution in [2.45, 2.75) is 0 Å². The van der Waals surface area contributed by atoms with Crippen LogP contribution < -0.4 is 4.74 Å². The number of carbonyl (C=O) groups is 1. The molecule has 19 heavy (non-hydrogen) atoms. The molecule has 2 aromatic rings. The van der Waals surface area contributed by atoms with E-state index in [0.717, 1.165) is 11.7 Å². The van der Waals surface area contributed by atoms with Crippen LogP contribution in [0.3, 0.4) is 0 Å². The number of nitrogens with zero attached hydrogens (tertiary/aromatic N) is 3. The van der Waals surface area contributed by atoms with E-state index < -0.39 is 0 Å². The molecule has 0 aliphatic rings. The number of ether oxygens (including phenoxy) is 1. The fourth-order valence-electron chi connectivity index (χ4n) is 1.39. The van der Waals surface area contributed by atoms with Crippen LogP contribution in [0.15, 0.2) is 30.5 Å². The van der Waals surface area contributed by atoms with E-state index in [1.165, 1.54) is 23.2 Å². The van der Waals surface area contributed by atoms with Gasteiger partial charge in [0.15, 0.2) is 5.69 Å². The predicted molar refractivity (Wildman–Crippen MR) is 68.8 cm³/mol. The van der Waals surface area contributed by atoms with Crippen LogP contribution >= 0.6 is 11.7 Å². The van der Waals surface area contributed by atoms with Crippen molar-refractivity contribution in [2.75, 3.05) is 20.2 Å². The molecule has 5 nitrogen and oxygen atoms in total. The summed E-state index contributed by atoms with van der Waals surface area (Å²) in [5.41, 5.74) is 0.328. The first-order valence-electron chi connectivity index (χ1n) is 5.58. The van der Waals surface area contributed by atoms with Crippen molar-refractivity contribution in [2.24, 2.45) is 0 Å². The monoisotopic (exact) mass is 281 g/mol. The molecule has 0 saturated heterocycles. The highest BCUT2D eigenvalue weighted by molar-refractivity contribution is 6.99. The SMILES string of the molecule is CN(CCOc1ccc(F)cc1)C(=O)c1cnsn1. The van der Waals surface area contributed by atoms with Crippen LogP contribution in [0, 0.1) is 5.82 Å². The molecule has 7 heteroatoms. The average Bonchev–Trinajstić information content (AvgIpc) is 2.94. The standard InChI is InChI=1S/C12H12FN3O2S/c1-16(12(17)11-8-14-19-15-11)6-7-18-10-4-2-9(13)3-5-10/h2-5,8H,6-7H2,1H3. The summed E-state index contributed by atoms with van der Waals surface area (Å²) in [5, 5.41) is 0. The molecular weight excluding hydrogens is 269 g/mol. The van der Waals surface area contributed by atoms with Gasteiger partial charge in [-0.2, -0.15) is 8.75 Å². The fraction of sp³-hybridized carbons (Fsp3) is 0.250. The summed E-state index contributed by atoms with van der Waals surface area (Å²) in [4.78, 5) is 13.3. The van der Waals surface area contributed by atoms with Gasteiger partial charge in [0, 0.05) is 7.05 Å². The maximum absolute atomic E-state index is 12.7. The van der Waals surface area contributed by atoms with Gasteiger partial charge in [-0.25, -0.2) is 4.39 Å². The lowest BCUT2D eigenvalue weighted by Gasteiger charge is -2.16. The zero-order valence-corrected chi connectivity index (χ0v) is 11.1. The first-order valence-corrected chi connectivity index (χ1v) is 6.31. The second-order valence-electron chi connectivity index (χ2n) is 3.82. The third kappa shape index (κ3) is 3.72. The zero-order valence-electron chi connectivity index (χ0n) is 10.2. The first-order chi connectivity index (χ1) is 9.16. The lowest BCUT2D eigenvalue weighted by molar-refractivity contribution is 0.0769. The van der Waals surface area contributed by atoms with Gasteiger partial charge in [-0.3, -0.25) is 4.79 Å². The van der Waals surface area contributed by atoms with Gasteiger partial charge < -0.3 is 9.64 Å². The van der Waals surface area contributed by atoms with Crippen LogP contribution in [-0.2, 0) is 0 Å². The summed E-state index contributed by atoms with van der Waals surface area (Å²) < 4.78 is 25.7. The molecule has 0 unspecified atom stereocenters. The minimum absolute atomic E-state index is 0.198. The average molecular weight is 281 g/mol. The molecule has 0 aliphatic heterocycles. The summed E-state index contributed by atoms with van der Waals surface area (Å²) >= 11 is 0.993. The van der Waals surface area contributed by atoms with Gasteiger partial charge in [0.2, 0.25) is 0 Å². The number of carbonyl (C=O) groups excluding carboxylic acids is 1. The normalized spacial score (nSPS) is 10.2. The molecule has 100 valence electrons. The highest BCUT2D eigenvalue weighted by Crippen LogP contribution is 2.11. The third-order valence-electron chi connectivity index (χ3n) is 2.44. The van der Waals surface area contributed by atoms with Gasteiger partial charge in [0.1, 0.15) is 18.2 Å². The van der Waals surface area contributed by atoms with Crippen molar-refractivity contribution in [3.63, 3.8) is 0 Å². The van der Waals surface area contributed by atoms with Crippen molar-refractivity contribution < 1.29 is 13.9 Å². The molecule has 0 bridgehead atoms. The molecule has 1 aromatic heterocycles. The number of aromatic nitrogens is 2. The van der Waals surface area contributed by atoms with Crippen LogP contribution in [0.5, 0.6) is 5.75 Å². The van der Waals surface area contributed by atoms with Crippen LogP contribution in [0.4, 0.5) is 4.39 Å². The summed E-state index contributed by atoms with van der Waals surface area (Å²) in [6.45, 7) is 0.735. The second kappa shape index (κ2) is 6.24. The third-order valence-corrected chi connectivity index (χ3v) is 2.91. The Morgan fingerprint density at radius 1 is 1.42 bits per heavy atom. The second-order valence-corrected chi connectivity index (χ2v) is 4.38. The molecular formula is C12H12FN3O2S. The van der Waals surface area contributed by atoms with Crippen LogP contribution in [0.25, 0.3) is 0 Å². The molecule has 0 fully saturated rings. The van der Waals surface area contributed by atoms with Gasteiger partial charge in [-0.1, -0.05) is 0 Å². The topological polar surface area (TPSA) is 55.3 Å². The van der Waals surface area contributed by atoms with Crippen LogP contribution in [-0.4, -0.2) is 39.8 Å². The van der Waals surface area contributed by atoms with Gasteiger partial charge in [0.05, 0.1) is 24.5 Å². The molecule has 0 atom stereocenters. The maximum atomic E-state index is 12.7. The number of rotatable bonds is 5. The highest BCUT2D eigenvalue weighted by atomic mass is 32.1. The quantitative estimate of drug-likeness (QED) is 0.839. The van der Waals surface area contributed by atoms with Gasteiger partial charge in [-0.05, 0) is 24.3 Å². The fourth-order valence-corrected chi connectivity index (χ4v) is 1.79. The van der Waals surface area contributed by atoms with E-state index >= 15 is 0 Å². The Morgan fingerprint density at radius 3 is 2.79 bits per heavy atom. The van der Waals surface area contributed by atoms with E-state index in [1.807, 2.05) is 0 Å². The van der Waals surface area contributed by atoms with Gasteiger partial charge in [0.25, 0.3) is 5.91 Å². The van der Waals surface area contributed by atoms with Crippen LogP contribution in [0.1, 0.15) is 10.5 Å². The highest BCUT2D eigenvalue weighted by Gasteiger charge is 2.13. The summed E-state index contributed by atoms with van der Waals surface area (Å²) in [5.74, 6) is 0.0599. The molecule has 0 N–H and O–H groups in total. The minimum atomic E-state index is -0.310. The summed E-state index contributed by atoms with van der Waals surface area (Å²) in [6.07, 6.45) is 1.43. The Kier molecular flexibility index (Phi) is 4.40. The van der Waals surface area contributed by atoms with Crippen LogP contribution in [0.2, 0.25) is 0 Å². The number of hydrogen-bond donors (Lipinski definition) is 0. The Morgan fingerprint density at radius 2 is 2.16 bits per heavy atom. The zero-order chi connectivity index (χ0) is 13.7. The number of amides is 1.